The van der Waals surface area contributed by atoms with Crippen LogP contribution in [0.5, 0.6) is 0 Å². The summed E-state index contributed by atoms with van der Waals surface area (Å²) in [5, 5.41) is 0. The molecule has 0 unspecified atom stereocenters. The summed E-state index contributed by atoms with van der Waals surface area (Å²) >= 11 is 1.83. The lowest BCUT2D eigenvalue weighted by atomic mass is 10.4. The van der Waals surface area contributed by atoms with E-state index in [1.165, 1.54) is 35.6 Å². The minimum absolute atomic E-state index is 0.147. The third-order valence-corrected chi connectivity index (χ3v) is 3.24. The molecule has 0 heterocycles. The minimum atomic E-state index is -0.147. The predicted octanol–water partition coefficient (Wildman–Crippen LogP) is 3.33. The number of hydrogen-bond acceptors (Lipinski definition) is 1. The third kappa shape index (κ3) is 2.24. The van der Waals surface area contributed by atoms with E-state index in [0.29, 0.717) is 0 Å². The molecule has 1 saturated carbocycles. The highest BCUT2D eigenvalue weighted by molar-refractivity contribution is 7.99. The molecule has 0 bridgehead atoms. The zero-order valence-corrected chi connectivity index (χ0v) is 7.61. The molecule has 0 atom stereocenters. The number of halogens is 1. The number of benzene rings is 1. The molecular formula is C10H11FS. The van der Waals surface area contributed by atoms with Crippen LogP contribution in [0.25, 0.3) is 0 Å². The lowest BCUT2D eigenvalue weighted by molar-refractivity contribution is 0.626. The van der Waals surface area contributed by atoms with Crippen LogP contribution < -0.4 is 0 Å². The monoisotopic (exact) mass is 182 g/mol. The van der Waals surface area contributed by atoms with Crippen LogP contribution in [-0.4, -0.2) is 5.75 Å². The highest BCUT2D eigenvalue weighted by Gasteiger charge is 2.20. The quantitative estimate of drug-likeness (QED) is 0.646. The van der Waals surface area contributed by atoms with Gasteiger partial charge >= 0.3 is 0 Å². The van der Waals surface area contributed by atoms with Crippen LogP contribution in [0, 0.1) is 11.7 Å². The number of rotatable bonds is 3. The fourth-order valence-electron chi connectivity index (χ4n) is 1.03. The molecule has 0 radical (unpaired) electrons. The van der Waals surface area contributed by atoms with Crippen molar-refractivity contribution in [3.8, 4) is 0 Å². The second-order valence-corrected chi connectivity index (χ2v) is 4.30. The summed E-state index contributed by atoms with van der Waals surface area (Å²) in [5.74, 6) is 1.98. The molecule has 0 nitrogen and oxygen atoms in total. The van der Waals surface area contributed by atoms with Gasteiger partial charge in [-0.25, -0.2) is 4.39 Å². The molecule has 1 aromatic rings. The van der Waals surface area contributed by atoms with Gasteiger partial charge < -0.3 is 0 Å². The first kappa shape index (κ1) is 8.11. The van der Waals surface area contributed by atoms with Gasteiger partial charge in [-0.2, -0.15) is 0 Å². The summed E-state index contributed by atoms with van der Waals surface area (Å²) in [6, 6.07) is 6.75. The molecule has 1 aliphatic rings. The van der Waals surface area contributed by atoms with Gasteiger partial charge in [-0.15, -0.1) is 11.8 Å². The fourth-order valence-corrected chi connectivity index (χ4v) is 2.12. The van der Waals surface area contributed by atoms with Crippen molar-refractivity contribution in [3.63, 3.8) is 0 Å². The Hall–Kier alpha value is -0.500. The summed E-state index contributed by atoms with van der Waals surface area (Å²) in [5.41, 5.74) is 0. The standard InChI is InChI=1S/C10H11FS/c11-9-3-5-10(6-4-9)12-7-8-1-2-8/h3-6,8H,1-2,7H2. The normalized spacial score (nSPS) is 16.4. The SMILES string of the molecule is Fc1ccc(SCC2CC2)cc1. The van der Waals surface area contributed by atoms with Crippen molar-refractivity contribution in [1.29, 1.82) is 0 Å². The van der Waals surface area contributed by atoms with Crippen molar-refractivity contribution in [2.24, 2.45) is 5.92 Å². The van der Waals surface area contributed by atoms with Gasteiger partial charge in [-0.3, -0.25) is 0 Å². The maximum absolute atomic E-state index is 12.5. The van der Waals surface area contributed by atoms with Crippen LogP contribution in [0.1, 0.15) is 12.8 Å². The number of hydrogen-bond donors (Lipinski definition) is 0. The fraction of sp³-hybridized carbons (Fsp3) is 0.400. The lowest BCUT2D eigenvalue weighted by Gasteiger charge is -1.98. The summed E-state index contributed by atoms with van der Waals surface area (Å²) in [6.45, 7) is 0. The first-order chi connectivity index (χ1) is 5.84. The van der Waals surface area contributed by atoms with Gasteiger partial charge in [0.15, 0.2) is 0 Å². The zero-order valence-electron chi connectivity index (χ0n) is 6.79. The maximum Gasteiger partial charge on any atom is 0.123 e. The third-order valence-electron chi connectivity index (χ3n) is 2.00. The van der Waals surface area contributed by atoms with Crippen LogP contribution in [0.3, 0.4) is 0 Å². The predicted molar refractivity (Wildman–Crippen MR) is 49.8 cm³/mol. The Morgan fingerprint density at radius 3 is 2.50 bits per heavy atom. The Morgan fingerprint density at radius 1 is 1.25 bits per heavy atom. The molecule has 0 amide bonds. The average Bonchev–Trinajstić information content (AvgIpc) is 2.87. The first-order valence-electron chi connectivity index (χ1n) is 4.23. The summed E-state index contributed by atoms with van der Waals surface area (Å²) in [6.07, 6.45) is 2.77. The van der Waals surface area contributed by atoms with Crippen LogP contribution >= 0.6 is 11.8 Å². The molecule has 0 N–H and O–H groups in total. The molecule has 1 fully saturated rings. The Bertz CT molecular complexity index is 251. The van der Waals surface area contributed by atoms with E-state index in [1.807, 2.05) is 23.9 Å². The minimum Gasteiger partial charge on any atom is -0.207 e. The van der Waals surface area contributed by atoms with E-state index in [4.69, 9.17) is 0 Å². The second-order valence-electron chi connectivity index (χ2n) is 3.21. The topological polar surface area (TPSA) is 0 Å². The highest BCUT2D eigenvalue weighted by Crippen LogP contribution is 2.34. The molecule has 0 aromatic heterocycles. The molecular weight excluding hydrogens is 171 g/mol. The molecule has 0 spiro atoms. The van der Waals surface area contributed by atoms with Gasteiger partial charge in [0.05, 0.1) is 0 Å². The van der Waals surface area contributed by atoms with Crippen LogP contribution in [0.4, 0.5) is 4.39 Å². The number of thioether (sulfide) groups is 1. The molecule has 64 valence electrons. The summed E-state index contributed by atoms with van der Waals surface area (Å²) in [4.78, 5) is 1.18. The van der Waals surface area contributed by atoms with Gasteiger partial charge in [0.25, 0.3) is 0 Å². The zero-order chi connectivity index (χ0) is 8.39. The molecule has 1 aliphatic carbocycles. The molecule has 1 aromatic carbocycles. The maximum atomic E-state index is 12.5. The van der Waals surface area contributed by atoms with Gasteiger partial charge in [0, 0.05) is 10.6 Å². The van der Waals surface area contributed by atoms with Gasteiger partial charge in [-0.1, -0.05) is 0 Å². The molecule has 2 rings (SSSR count). The van der Waals surface area contributed by atoms with Crippen molar-refractivity contribution in [1.82, 2.24) is 0 Å². The van der Waals surface area contributed by atoms with E-state index >= 15 is 0 Å². The van der Waals surface area contributed by atoms with E-state index in [2.05, 4.69) is 0 Å². The largest absolute Gasteiger partial charge is 0.207 e. The van der Waals surface area contributed by atoms with Crippen LogP contribution in [0.2, 0.25) is 0 Å². The van der Waals surface area contributed by atoms with Gasteiger partial charge in [-0.05, 0) is 43.0 Å². The molecule has 0 aliphatic heterocycles. The van der Waals surface area contributed by atoms with Crippen molar-refractivity contribution in [2.45, 2.75) is 17.7 Å². The molecule has 2 heteroatoms. The summed E-state index contributed by atoms with van der Waals surface area (Å²) in [7, 11) is 0. The van der Waals surface area contributed by atoms with Crippen LogP contribution in [0.15, 0.2) is 29.2 Å². The van der Waals surface area contributed by atoms with E-state index in [1.54, 1.807) is 0 Å². The highest BCUT2D eigenvalue weighted by atomic mass is 32.2. The van der Waals surface area contributed by atoms with Crippen molar-refractivity contribution >= 4 is 11.8 Å². The Balaban J connectivity index is 1.89. The van der Waals surface area contributed by atoms with E-state index in [0.717, 1.165) is 5.92 Å². The molecule has 0 saturated heterocycles. The average molecular weight is 182 g/mol. The molecule has 12 heavy (non-hydrogen) atoms. The summed E-state index contributed by atoms with van der Waals surface area (Å²) < 4.78 is 12.5. The van der Waals surface area contributed by atoms with E-state index in [-0.39, 0.29) is 5.82 Å². The van der Waals surface area contributed by atoms with Crippen molar-refractivity contribution in [3.05, 3.63) is 30.1 Å². The smallest absolute Gasteiger partial charge is 0.123 e. The first-order valence-corrected chi connectivity index (χ1v) is 5.21. The van der Waals surface area contributed by atoms with Gasteiger partial charge in [0.2, 0.25) is 0 Å². The van der Waals surface area contributed by atoms with Crippen molar-refractivity contribution < 1.29 is 4.39 Å². The Morgan fingerprint density at radius 2 is 1.92 bits per heavy atom. The van der Waals surface area contributed by atoms with E-state index in [9.17, 15) is 4.39 Å². The Kier molecular flexibility index (Phi) is 2.35. The van der Waals surface area contributed by atoms with Gasteiger partial charge in [0.1, 0.15) is 5.82 Å². The lowest BCUT2D eigenvalue weighted by Crippen LogP contribution is -1.80. The second kappa shape index (κ2) is 3.48. The Labute approximate surface area is 76.2 Å². The van der Waals surface area contributed by atoms with Crippen molar-refractivity contribution in [2.75, 3.05) is 5.75 Å². The van der Waals surface area contributed by atoms with E-state index < -0.39 is 0 Å². The van der Waals surface area contributed by atoms with Crippen LogP contribution in [-0.2, 0) is 0 Å².